The molecule has 2 rings (SSSR count). The smallest absolute Gasteiger partial charge is 0.330 e. The Morgan fingerprint density at radius 1 is 1.09 bits per heavy atom. The average molecular weight is 504 g/mol. The topological polar surface area (TPSA) is 216 Å². The van der Waals surface area contributed by atoms with E-state index in [4.69, 9.17) is 18.9 Å². The maximum absolute atomic E-state index is 12.0. The fourth-order valence-corrected chi connectivity index (χ4v) is 3.18. The number of benzene rings is 1. The number of carbonyl (C=O) groups excluding carboxylic acids is 1. The zero-order chi connectivity index (χ0) is 26.3. The van der Waals surface area contributed by atoms with Gasteiger partial charge >= 0.3 is 5.97 Å². The molecule has 1 aliphatic heterocycles. The molecule has 1 aliphatic rings. The van der Waals surface area contributed by atoms with Gasteiger partial charge in [-0.15, -0.1) is 0 Å². The van der Waals surface area contributed by atoms with E-state index in [0.29, 0.717) is 5.56 Å². The molecule has 13 nitrogen and oxygen atoms in total. The van der Waals surface area contributed by atoms with Crippen LogP contribution in [0.5, 0.6) is 11.5 Å². The number of rotatable bonds is 11. The van der Waals surface area contributed by atoms with Gasteiger partial charge in [-0.05, 0) is 30.7 Å². The van der Waals surface area contributed by atoms with Crippen LogP contribution in [0.1, 0.15) is 12.5 Å². The molecule has 1 saturated heterocycles. The molecular formula is C22H32O13. The molecule has 9 atom stereocenters. The van der Waals surface area contributed by atoms with Crippen LogP contribution in [0.3, 0.4) is 0 Å². The van der Waals surface area contributed by atoms with Gasteiger partial charge in [0.25, 0.3) is 0 Å². The highest BCUT2D eigenvalue weighted by Crippen LogP contribution is 2.27. The van der Waals surface area contributed by atoms with Gasteiger partial charge in [-0.3, -0.25) is 0 Å². The SMILES string of the molecule is COc1ccc(C=CC(=O)OC[C@H]2O[C@@H](OC[C@H](O)[C@H](O)[C@H](O)[C@H](C)O)[C@H](O)[C@@H](O)[C@@H]2O)cc1O. The normalized spacial score (nSPS) is 28.3. The van der Waals surface area contributed by atoms with Gasteiger partial charge in [-0.2, -0.15) is 0 Å². The zero-order valence-electron chi connectivity index (χ0n) is 19.1. The van der Waals surface area contributed by atoms with Crippen molar-refractivity contribution in [1.82, 2.24) is 0 Å². The molecule has 1 heterocycles. The summed E-state index contributed by atoms with van der Waals surface area (Å²) in [6.07, 6.45) is -12.1. The molecule has 0 amide bonds. The Kier molecular flexibility index (Phi) is 10.8. The molecule has 8 N–H and O–H groups in total. The lowest BCUT2D eigenvalue weighted by atomic mass is 9.99. The molecule has 0 aromatic heterocycles. The molecule has 1 fully saturated rings. The van der Waals surface area contributed by atoms with E-state index in [1.807, 2.05) is 0 Å². The van der Waals surface area contributed by atoms with E-state index in [1.54, 1.807) is 6.07 Å². The van der Waals surface area contributed by atoms with Gasteiger partial charge in [-0.1, -0.05) is 6.07 Å². The highest BCUT2D eigenvalue weighted by Gasteiger charge is 2.45. The molecule has 0 saturated carbocycles. The third-order valence-electron chi connectivity index (χ3n) is 5.34. The molecule has 1 aromatic rings. The van der Waals surface area contributed by atoms with Crippen molar-refractivity contribution < 1.29 is 64.6 Å². The van der Waals surface area contributed by atoms with Crippen LogP contribution in [-0.2, 0) is 19.0 Å². The summed E-state index contributed by atoms with van der Waals surface area (Å²) < 4.78 is 20.4. The third-order valence-corrected chi connectivity index (χ3v) is 5.34. The minimum atomic E-state index is -1.78. The lowest BCUT2D eigenvalue weighted by Gasteiger charge is -2.40. The van der Waals surface area contributed by atoms with Gasteiger partial charge in [0.1, 0.15) is 49.3 Å². The van der Waals surface area contributed by atoms with E-state index in [2.05, 4.69) is 0 Å². The van der Waals surface area contributed by atoms with Gasteiger partial charge < -0.3 is 59.8 Å². The molecule has 0 radical (unpaired) electrons. The van der Waals surface area contributed by atoms with E-state index in [1.165, 1.54) is 32.2 Å². The summed E-state index contributed by atoms with van der Waals surface area (Å²) in [6.45, 7) is 0.00235. The quantitative estimate of drug-likeness (QED) is 0.113. The minimum absolute atomic E-state index is 0.127. The Morgan fingerprint density at radius 2 is 1.77 bits per heavy atom. The summed E-state index contributed by atoms with van der Waals surface area (Å²) in [5.74, 6) is -0.704. The monoisotopic (exact) mass is 504 g/mol. The van der Waals surface area contributed by atoms with Crippen LogP contribution in [-0.4, -0.2) is 122 Å². The molecule has 1 aromatic carbocycles. The largest absolute Gasteiger partial charge is 0.504 e. The number of aromatic hydroxyl groups is 1. The molecule has 13 heteroatoms. The Balaban J connectivity index is 1.91. The lowest BCUT2D eigenvalue weighted by Crippen LogP contribution is -2.60. The second-order valence-electron chi connectivity index (χ2n) is 8.03. The Hall–Kier alpha value is -2.33. The number of hydrogen-bond acceptors (Lipinski definition) is 13. The average Bonchev–Trinajstić information content (AvgIpc) is 2.83. The first-order valence-electron chi connectivity index (χ1n) is 10.7. The first kappa shape index (κ1) is 28.9. The van der Waals surface area contributed by atoms with Crippen molar-refractivity contribution in [2.75, 3.05) is 20.3 Å². The number of aliphatic hydroxyl groups is 7. The van der Waals surface area contributed by atoms with Crippen molar-refractivity contribution in [3.05, 3.63) is 29.8 Å². The molecule has 198 valence electrons. The molecule has 0 aliphatic carbocycles. The number of phenolic OH excluding ortho intramolecular Hbond substituents is 1. The van der Waals surface area contributed by atoms with Gasteiger partial charge in [0.2, 0.25) is 0 Å². The number of esters is 1. The van der Waals surface area contributed by atoms with Crippen molar-refractivity contribution in [2.24, 2.45) is 0 Å². The predicted molar refractivity (Wildman–Crippen MR) is 117 cm³/mol. The van der Waals surface area contributed by atoms with Crippen LogP contribution in [0.2, 0.25) is 0 Å². The molecule has 0 spiro atoms. The van der Waals surface area contributed by atoms with Gasteiger partial charge in [0.05, 0.1) is 19.8 Å². The van der Waals surface area contributed by atoms with Crippen LogP contribution in [0, 0.1) is 0 Å². The highest BCUT2D eigenvalue weighted by atomic mass is 16.7. The standard InChI is InChI=1S/C22H32O13/c1-10(23)17(27)18(28)13(25)8-34-22-21(31)20(30)19(29)15(35-22)9-33-16(26)6-4-11-3-5-14(32-2)12(24)7-11/h3-7,10,13,15,17-25,27-31H,8-9H2,1-2H3/t10-,13-,15+,17+,18-,19+,20-,21+,22+/m0/s1. The summed E-state index contributed by atoms with van der Waals surface area (Å²) >= 11 is 0. The number of aliphatic hydroxyl groups excluding tert-OH is 7. The van der Waals surface area contributed by atoms with Crippen molar-refractivity contribution in [1.29, 1.82) is 0 Å². The van der Waals surface area contributed by atoms with E-state index in [9.17, 15) is 45.6 Å². The van der Waals surface area contributed by atoms with Crippen molar-refractivity contribution >= 4 is 12.0 Å². The summed E-state index contributed by atoms with van der Waals surface area (Å²) in [7, 11) is 1.39. The second-order valence-corrected chi connectivity index (χ2v) is 8.03. The number of methoxy groups -OCH3 is 1. The minimum Gasteiger partial charge on any atom is -0.504 e. The van der Waals surface area contributed by atoms with Gasteiger partial charge in [0.15, 0.2) is 17.8 Å². The van der Waals surface area contributed by atoms with E-state index in [-0.39, 0.29) is 11.5 Å². The fourth-order valence-electron chi connectivity index (χ4n) is 3.18. The van der Waals surface area contributed by atoms with Gasteiger partial charge in [0, 0.05) is 6.08 Å². The fraction of sp³-hybridized carbons (Fsp3) is 0.591. The van der Waals surface area contributed by atoms with Crippen molar-refractivity contribution in [2.45, 2.75) is 62.0 Å². The number of phenols is 1. The molecule has 0 unspecified atom stereocenters. The number of hydrogen-bond donors (Lipinski definition) is 8. The third kappa shape index (κ3) is 7.83. The van der Waals surface area contributed by atoms with Crippen LogP contribution in [0.4, 0.5) is 0 Å². The van der Waals surface area contributed by atoms with Crippen LogP contribution in [0.25, 0.3) is 6.08 Å². The Labute approximate surface area is 201 Å². The van der Waals surface area contributed by atoms with Crippen molar-refractivity contribution in [3.63, 3.8) is 0 Å². The summed E-state index contributed by atoms with van der Waals surface area (Å²) in [4.78, 5) is 12.0. The van der Waals surface area contributed by atoms with Gasteiger partial charge in [-0.25, -0.2) is 4.79 Å². The van der Waals surface area contributed by atoms with Crippen molar-refractivity contribution in [3.8, 4) is 11.5 Å². The summed E-state index contributed by atoms with van der Waals surface area (Å²) in [5.41, 5.74) is 0.475. The lowest BCUT2D eigenvalue weighted by molar-refractivity contribution is -0.307. The van der Waals surface area contributed by atoms with Crippen LogP contribution < -0.4 is 4.74 Å². The zero-order valence-corrected chi connectivity index (χ0v) is 19.1. The first-order chi connectivity index (χ1) is 16.5. The Bertz CT molecular complexity index is 845. The van der Waals surface area contributed by atoms with E-state index < -0.39 is 74.3 Å². The van der Waals surface area contributed by atoms with E-state index in [0.717, 1.165) is 6.08 Å². The summed E-state index contributed by atoms with van der Waals surface area (Å²) in [5, 5.41) is 78.7. The molecular weight excluding hydrogens is 472 g/mol. The summed E-state index contributed by atoms with van der Waals surface area (Å²) in [6, 6.07) is 4.45. The highest BCUT2D eigenvalue weighted by molar-refractivity contribution is 5.87. The van der Waals surface area contributed by atoms with Crippen LogP contribution >= 0.6 is 0 Å². The predicted octanol–water partition coefficient (Wildman–Crippen LogP) is -2.76. The van der Waals surface area contributed by atoms with E-state index >= 15 is 0 Å². The maximum Gasteiger partial charge on any atom is 0.330 e. The Morgan fingerprint density at radius 3 is 2.37 bits per heavy atom. The molecule has 35 heavy (non-hydrogen) atoms. The first-order valence-corrected chi connectivity index (χ1v) is 10.7. The van der Waals surface area contributed by atoms with Crippen LogP contribution in [0.15, 0.2) is 24.3 Å². The number of ether oxygens (including phenoxy) is 4. The second kappa shape index (κ2) is 13.1. The molecule has 0 bridgehead atoms. The number of carbonyl (C=O) groups is 1. The maximum atomic E-state index is 12.0.